The topological polar surface area (TPSA) is 62.3 Å². The van der Waals surface area contributed by atoms with Gasteiger partial charge < -0.3 is 10.2 Å². The van der Waals surface area contributed by atoms with E-state index >= 15 is 0 Å². The van der Waals surface area contributed by atoms with Crippen LogP contribution >= 0.6 is 0 Å². The maximum absolute atomic E-state index is 12.4. The molecule has 126 valence electrons. The second kappa shape index (κ2) is 8.24. The van der Waals surface area contributed by atoms with Gasteiger partial charge in [0.1, 0.15) is 0 Å². The summed E-state index contributed by atoms with van der Waals surface area (Å²) in [5.41, 5.74) is 1.84. The van der Waals surface area contributed by atoms with E-state index in [-0.39, 0.29) is 17.9 Å². The Morgan fingerprint density at radius 2 is 1.71 bits per heavy atom. The van der Waals surface area contributed by atoms with Crippen molar-refractivity contribution < 1.29 is 9.59 Å². The number of amides is 2. The highest BCUT2D eigenvalue weighted by molar-refractivity contribution is 5.99. The maximum atomic E-state index is 12.4. The highest BCUT2D eigenvalue weighted by Crippen LogP contribution is 2.13. The van der Waals surface area contributed by atoms with Crippen LogP contribution in [-0.4, -0.2) is 34.8 Å². The molecule has 1 atom stereocenters. The van der Waals surface area contributed by atoms with Crippen LogP contribution in [0, 0.1) is 0 Å². The molecule has 1 heterocycles. The monoisotopic (exact) mass is 325 g/mol. The van der Waals surface area contributed by atoms with Crippen molar-refractivity contribution in [1.29, 1.82) is 0 Å². The van der Waals surface area contributed by atoms with Crippen molar-refractivity contribution in [1.82, 2.24) is 15.2 Å². The lowest BCUT2D eigenvalue weighted by Crippen LogP contribution is -2.31. The largest absolute Gasteiger partial charge is 0.345 e. The molecular weight excluding hydrogens is 302 g/mol. The van der Waals surface area contributed by atoms with E-state index in [1.807, 2.05) is 51.1 Å². The molecule has 1 aromatic heterocycles. The number of rotatable bonds is 6. The zero-order valence-corrected chi connectivity index (χ0v) is 14.3. The van der Waals surface area contributed by atoms with E-state index in [0.29, 0.717) is 24.2 Å². The van der Waals surface area contributed by atoms with Gasteiger partial charge in [0.05, 0.1) is 17.2 Å². The highest BCUT2D eigenvalue weighted by Gasteiger charge is 2.16. The van der Waals surface area contributed by atoms with Crippen molar-refractivity contribution in [2.75, 3.05) is 13.1 Å². The molecular formula is C19H23N3O2. The van der Waals surface area contributed by atoms with Gasteiger partial charge in [-0.25, -0.2) is 0 Å². The van der Waals surface area contributed by atoms with Gasteiger partial charge in [-0.15, -0.1) is 0 Å². The van der Waals surface area contributed by atoms with Crippen LogP contribution in [-0.2, 0) is 0 Å². The Hall–Kier alpha value is -2.69. The van der Waals surface area contributed by atoms with Crippen LogP contribution < -0.4 is 5.32 Å². The van der Waals surface area contributed by atoms with Gasteiger partial charge >= 0.3 is 0 Å². The molecule has 2 aromatic rings. The number of pyridine rings is 1. The molecule has 0 aliphatic rings. The number of aromatic nitrogens is 1. The summed E-state index contributed by atoms with van der Waals surface area (Å²) in [5, 5.41) is 2.93. The molecule has 1 unspecified atom stereocenters. The number of nitrogens with zero attached hydrogens (tertiary/aromatic N) is 2. The molecule has 0 aliphatic carbocycles. The van der Waals surface area contributed by atoms with Gasteiger partial charge in [0.2, 0.25) is 0 Å². The summed E-state index contributed by atoms with van der Waals surface area (Å²) in [4.78, 5) is 30.6. The smallest absolute Gasteiger partial charge is 0.255 e. The molecule has 2 amide bonds. The standard InChI is InChI=1S/C19H23N3O2/c1-4-22(5-2)19(24)17-11-16(12-20-13-17)18(23)21-14(3)15-9-7-6-8-10-15/h6-14H,4-5H2,1-3H3,(H,21,23). The first-order valence-electron chi connectivity index (χ1n) is 8.17. The minimum atomic E-state index is -0.243. The Labute approximate surface area is 142 Å². The predicted octanol–water partition coefficient (Wildman–Crippen LogP) is 3.05. The minimum absolute atomic E-state index is 0.113. The summed E-state index contributed by atoms with van der Waals surface area (Å²) < 4.78 is 0. The molecule has 24 heavy (non-hydrogen) atoms. The molecule has 0 fully saturated rings. The Kier molecular flexibility index (Phi) is 6.07. The lowest BCUT2D eigenvalue weighted by Gasteiger charge is -2.19. The van der Waals surface area contributed by atoms with Crippen molar-refractivity contribution in [3.63, 3.8) is 0 Å². The van der Waals surface area contributed by atoms with Crippen LogP contribution in [0.1, 0.15) is 53.1 Å². The van der Waals surface area contributed by atoms with Crippen molar-refractivity contribution in [2.45, 2.75) is 26.8 Å². The number of carbonyl (C=O) groups excluding carboxylic acids is 2. The summed E-state index contributed by atoms with van der Waals surface area (Å²) in [6, 6.07) is 11.2. The van der Waals surface area contributed by atoms with E-state index in [1.54, 1.807) is 11.0 Å². The molecule has 0 bridgehead atoms. The zero-order chi connectivity index (χ0) is 17.5. The van der Waals surface area contributed by atoms with E-state index in [9.17, 15) is 9.59 Å². The summed E-state index contributed by atoms with van der Waals surface area (Å²) in [6.07, 6.45) is 2.98. The van der Waals surface area contributed by atoms with Crippen LogP contribution in [0.5, 0.6) is 0 Å². The summed E-state index contributed by atoms with van der Waals surface area (Å²) in [7, 11) is 0. The van der Waals surface area contributed by atoms with E-state index in [0.717, 1.165) is 5.56 Å². The van der Waals surface area contributed by atoms with Gasteiger partial charge in [0.25, 0.3) is 11.8 Å². The second-order valence-corrected chi connectivity index (χ2v) is 5.55. The third-order valence-electron chi connectivity index (χ3n) is 3.95. The Bertz CT molecular complexity index is 697. The normalized spacial score (nSPS) is 11.6. The van der Waals surface area contributed by atoms with Crippen molar-refractivity contribution in [3.05, 3.63) is 65.5 Å². The molecule has 5 nitrogen and oxygen atoms in total. The van der Waals surface area contributed by atoms with Crippen LogP contribution in [0.25, 0.3) is 0 Å². The van der Waals surface area contributed by atoms with Crippen molar-refractivity contribution >= 4 is 11.8 Å². The van der Waals surface area contributed by atoms with Crippen LogP contribution in [0.15, 0.2) is 48.8 Å². The summed E-state index contributed by atoms with van der Waals surface area (Å²) in [5.74, 6) is -0.355. The number of carbonyl (C=O) groups is 2. The second-order valence-electron chi connectivity index (χ2n) is 5.55. The quantitative estimate of drug-likeness (QED) is 0.888. The van der Waals surface area contributed by atoms with Gasteiger partial charge in [-0.3, -0.25) is 14.6 Å². The minimum Gasteiger partial charge on any atom is -0.345 e. The lowest BCUT2D eigenvalue weighted by atomic mass is 10.1. The SMILES string of the molecule is CCN(CC)C(=O)c1cncc(C(=O)NC(C)c2ccccc2)c1. The lowest BCUT2D eigenvalue weighted by molar-refractivity contribution is 0.0772. The molecule has 1 N–H and O–H groups in total. The fourth-order valence-corrected chi connectivity index (χ4v) is 2.48. The van der Waals surface area contributed by atoms with Crippen LogP contribution in [0.2, 0.25) is 0 Å². The van der Waals surface area contributed by atoms with E-state index < -0.39 is 0 Å². The summed E-state index contributed by atoms with van der Waals surface area (Å²) in [6.45, 7) is 7.01. The Morgan fingerprint density at radius 1 is 1.08 bits per heavy atom. The van der Waals surface area contributed by atoms with Gasteiger partial charge in [-0.2, -0.15) is 0 Å². The number of hydrogen-bond donors (Lipinski definition) is 1. The molecule has 5 heteroatoms. The molecule has 2 rings (SSSR count). The predicted molar refractivity (Wildman–Crippen MR) is 93.8 cm³/mol. The fraction of sp³-hybridized carbons (Fsp3) is 0.316. The molecule has 0 aliphatic heterocycles. The van der Waals surface area contributed by atoms with Gasteiger partial charge in [0.15, 0.2) is 0 Å². The Balaban J connectivity index is 2.13. The molecule has 0 saturated carbocycles. The van der Waals surface area contributed by atoms with Gasteiger partial charge in [-0.1, -0.05) is 30.3 Å². The Morgan fingerprint density at radius 3 is 2.33 bits per heavy atom. The highest BCUT2D eigenvalue weighted by atomic mass is 16.2. The van der Waals surface area contributed by atoms with E-state index in [1.165, 1.54) is 12.4 Å². The number of benzene rings is 1. The van der Waals surface area contributed by atoms with E-state index in [4.69, 9.17) is 0 Å². The number of hydrogen-bond acceptors (Lipinski definition) is 3. The van der Waals surface area contributed by atoms with Crippen LogP contribution in [0.4, 0.5) is 0 Å². The molecule has 0 radical (unpaired) electrons. The third-order valence-corrected chi connectivity index (χ3v) is 3.95. The average Bonchev–Trinajstić information content (AvgIpc) is 2.63. The van der Waals surface area contributed by atoms with E-state index in [2.05, 4.69) is 10.3 Å². The first kappa shape index (κ1) is 17.7. The molecule has 1 aromatic carbocycles. The zero-order valence-electron chi connectivity index (χ0n) is 14.3. The van der Waals surface area contributed by atoms with Crippen LogP contribution in [0.3, 0.4) is 0 Å². The number of nitrogens with one attached hydrogen (secondary N) is 1. The van der Waals surface area contributed by atoms with Gasteiger partial charge in [-0.05, 0) is 32.4 Å². The first-order chi connectivity index (χ1) is 11.6. The van der Waals surface area contributed by atoms with Crippen molar-refractivity contribution in [3.8, 4) is 0 Å². The van der Waals surface area contributed by atoms with Crippen molar-refractivity contribution in [2.24, 2.45) is 0 Å². The van der Waals surface area contributed by atoms with Gasteiger partial charge in [0, 0.05) is 25.5 Å². The fourth-order valence-electron chi connectivity index (χ4n) is 2.48. The summed E-state index contributed by atoms with van der Waals surface area (Å²) >= 11 is 0. The average molecular weight is 325 g/mol. The molecule has 0 spiro atoms. The molecule has 0 saturated heterocycles. The third kappa shape index (κ3) is 4.19. The maximum Gasteiger partial charge on any atom is 0.255 e. The first-order valence-corrected chi connectivity index (χ1v) is 8.17.